The zero-order valence-corrected chi connectivity index (χ0v) is 20.1. The largest absolute Gasteiger partial charge is 0.355 e. The predicted octanol–water partition coefficient (Wildman–Crippen LogP) is 3.94. The molecule has 1 atom stereocenters. The van der Waals surface area contributed by atoms with E-state index in [1.807, 2.05) is 7.05 Å². The average Bonchev–Trinajstić information content (AvgIpc) is 2.78. The third-order valence-corrected chi connectivity index (χ3v) is 6.13. The summed E-state index contributed by atoms with van der Waals surface area (Å²) in [5.74, 6) is 1.50. The molecule has 0 radical (unpaired) electrons. The molecule has 0 bridgehead atoms. The molecule has 1 saturated heterocycles. The van der Waals surface area contributed by atoms with Crippen molar-refractivity contribution >= 4 is 41.3 Å². The monoisotopic (exact) mass is 493 g/mol. The standard InChI is InChI=1S/C19H35N5S.HI/c1-14(2)17(24-10-8-6-7-9-11-24)12-21-19(20-5)22-13-18-23-15(3)16(4)25-18;/h14,17H,6-13H2,1-5H3,(H2,20,21,22);1H. The van der Waals surface area contributed by atoms with E-state index in [0.29, 0.717) is 12.0 Å². The molecule has 1 unspecified atom stereocenters. The van der Waals surface area contributed by atoms with E-state index in [2.05, 4.69) is 53.2 Å². The number of guanidine groups is 1. The van der Waals surface area contributed by atoms with Crippen LogP contribution in [0.1, 0.15) is 55.1 Å². The summed E-state index contributed by atoms with van der Waals surface area (Å²) in [5.41, 5.74) is 1.13. The maximum Gasteiger partial charge on any atom is 0.191 e. The summed E-state index contributed by atoms with van der Waals surface area (Å²) >= 11 is 1.76. The molecule has 1 aromatic rings. The molecule has 150 valence electrons. The van der Waals surface area contributed by atoms with E-state index in [9.17, 15) is 0 Å². The van der Waals surface area contributed by atoms with Crippen LogP contribution in [-0.4, -0.2) is 48.6 Å². The number of thiazole rings is 1. The molecule has 0 amide bonds. The molecule has 2 heterocycles. The van der Waals surface area contributed by atoms with Crippen LogP contribution in [0.4, 0.5) is 0 Å². The quantitative estimate of drug-likeness (QED) is 0.358. The first kappa shape index (κ1) is 23.6. The summed E-state index contributed by atoms with van der Waals surface area (Å²) in [6.45, 7) is 13.0. The molecule has 7 heteroatoms. The Morgan fingerprint density at radius 3 is 2.31 bits per heavy atom. The van der Waals surface area contributed by atoms with Gasteiger partial charge in [-0.05, 0) is 45.7 Å². The fourth-order valence-corrected chi connectivity index (χ4v) is 4.28. The highest BCUT2D eigenvalue weighted by Gasteiger charge is 2.22. The maximum absolute atomic E-state index is 4.59. The van der Waals surface area contributed by atoms with Crippen molar-refractivity contribution in [1.82, 2.24) is 20.5 Å². The van der Waals surface area contributed by atoms with Gasteiger partial charge in [0.05, 0.1) is 12.2 Å². The van der Waals surface area contributed by atoms with Gasteiger partial charge in [0.2, 0.25) is 0 Å². The lowest BCUT2D eigenvalue weighted by atomic mass is 10.0. The van der Waals surface area contributed by atoms with E-state index >= 15 is 0 Å². The van der Waals surface area contributed by atoms with Gasteiger partial charge in [-0.3, -0.25) is 9.89 Å². The summed E-state index contributed by atoms with van der Waals surface area (Å²) in [6.07, 6.45) is 5.42. The van der Waals surface area contributed by atoms with E-state index < -0.39 is 0 Å². The Morgan fingerprint density at radius 1 is 1.15 bits per heavy atom. The highest BCUT2D eigenvalue weighted by atomic mass is 127. The summed E-state index contributed by atoms with van der Waals surface area (Å²) in [6, 6.07) is 0.556. The molecule has 0 aromatic carbocycles. The minimum atomic E-state index is 0. The number of aliphatic imine (C=N–C) groups is 1. The molecule has 0 aliphatic carbocycles. The van der Waals surface area contributed by atoms with Crippen molar-refractivity contribution in [2.45, 2.75) is 66.0 Å². The minimum Gasteiger partial charge on any atom is -0.355 e. The lowest BCUT2D eigenvalue weighted by Gasteiger charge is -2.34. The number of rotatable bonds is 6. The van der Waals surface area contributed by atoms with E-state index in [4.69, 9.17) is 0 Å². The fraction of sp³-hybridized carbons (Fsp3) is 0.789. The third-order valence-electron chi connectivity index (χ3n) is 5.06. The van der Waals surface area contributed by atoms with Crippen LogP contribution in [0.25, 0.3) is 0 Å². The molecular formula is C19H36IN5S. The van der Waals surface area contributed by atoms with E-state index in [-0.39, 0.29) is 24.0 Å². The van der Waals surface area contributed by atoms with Crippen molar-refractivity contribution in [3.63, 3.8) is 0 Å². The molecule has 5 nitrogen and oxygen atoms in total. The molecule has 0 saturated carbocycles. The maximum atomic E-state index is 4.59. The first-order valence-electron chi connectivity index (χ1n) is 9.62. The van der Waals surface area contributed by atoms with Gasteiger partial charge in [0.1, 0.15) is 5.01 Å². The summed E-state index contributed by atoms with van der Waals surface area (Å²) < 4.78 is 0. The number of aromatic nitrogens is 1. The van der Waals surface area contributed by atoms with Crippen molar-refractivity contribution in [3.05, 3.63) is 15.6 Å². The molecule has 1 aliphatic heterocycles. The molecular weight excluding hydrogens is 457 g/mol. The van der Waals surface area contributed by atoms with Crippen LogP contribution in [0, 0.1) is 19.8 Å². The molecule has 1 fully saturated rings. The SMILES string of the molecule is CN=C(NCc1nc(C)c(C)s1)NCC(C(C)C)N1CCCCCC1.I. The highest BCUT2D eigenvalue weighted by molar-refractivity contribution is 14.0. The Kier molecular flexibility index (Phi) is 11.0. The number of nitrogens with zero attached hydrogens (tertiary/aromatic N) is 3. The Hall–Kier alpha value is -0.410. The number of halogens is 1. The lowest BCUT2D eigenvalue weighted by molar-refractivity contribution is 0.161. The van der Waals surface area contributed by atoms with Gasteiger partial charge in [0, 0.05) is 24.5 Å². The Balaban J connectivity index is 0.00000338. The third kappa shape index (κ3) is 7.31. The van der Waals surface area contributed by atoms with Crippen LogP contribution in [0.2, 0.25) is 0 Å². The van der Waals surface area contributed by atoms with Gasteiger partial charge < -0.3 is 10.6 Å². The number of hydrogen-bond donors (Lipinski definition) is 2. The van der Waals surface area contributed by atoms with Crippen LogP contribution >= 0.6 is 35.3 Å². The molecule has 2 rings (SSSR count). The predicted molar refractivity (Wildman–Crippen MR) is 124 cm³/mol. The van der Waals surface area contributed by atoms with Gasteiger partial charge in [-0.2, -0.15) is 0 Å². The van der Waals surface area contributed by atoms with E-state index in [1.165, 1.54) is 43.6 Å². The van der Waals surface area contributed by atoms with Crippen molar-refractivity contribution in [2.24, 2.45) is 10.9 Å². The average molecular weight is 494 g/mol. The first-order valence-corrected chi connectivity index (χ1v) is 10.4. The van der Waals surface area contributed by atoms with Crippen LogP contribution in [0.5, 0.6) is 0 Å². The van der Waals surface area contributed by atoms with Crippen molar-refractivity contribution in [1.29, 1.82) is 0 Å². The van der Waals surface area contributed by atoms with Gasteiger partial charge in [-0.15, -0.1) is 35.3 Å². The van der Waals surface area contributed by atoms with Crippen molar-refractivity contribution in [3.8, 4) is 0 Å². The number of nitrogens with one attached hydrogen (secondary N) is 2. The zero-order chi connectivity index (χ0) is 18.2. The number of hydrogen-bond acceptors (Lipinski definition) is 4. The highest BCUT2D eigenvalue weighted by Crippen LogP contribution is 2.17. The van der Waals surface area contributed by atoms with Gasteiger partial charge >= 0.3 is 0 Å². The van der Waals surface area contributed by atoms with Crippen LogP contribution < -0.4 is 10.6 Å². The smallest absolute Gasteiger partial charge is 0.191 e. The second-order valence-corrected chi connectivity index (χ2v) is 8.61. The van der Waals surface area contributed by atoms with Gasteiger partial charge in [-0.25, -0.2) is 4.98 Å². The molecule has 1 aromatic heterocycles. The van der Waals surface area contributed by atoms with Gasteiger partial charge in [0.25, 0.3) is 0 Å². The topological polar surface area (TPSA) is 52.6 Å². The normalized spacial score (nSPS) is 17.5. The zero-order valence-electron chi connectivity index (χ0n) is 17.0. The Morgan fingerprint density at radius 2 is 1.81 bits per heavy atom. The number of aryl methyl sites for hydroxylation is 2. The molecule has 26 heavy (non-hydrogen) atoms. The summed E-state index contributed by atoms with van der Waals surface area (Å²) in [7, 11) is 1.84. The van der Waals surface area contributed by atoms with Crippen LogP contribution in [-0.2, 0) is 6.54 Å². The fourth-order valence-electron chi connectivity index (χ4n) is 3.41. The Labute approximate surface area is 180 Å². The van der Waals surface area contributed by atoms with Crippen LogP contribution in [0.3, 0.4) is 0 Å². The first-order chi connectivity index (χ1) is 12.0. The second-order valence-electron chi connectivity index (χ2n) is 7.32. The lowest BCUT2D eigenvalue weighted by Crippen LogP contribution is -2.49. The van der Waals surface area contributed by atoms with Gasteiger partial charge in [-0.1, -0.05) is 26.7 Å². The van der Waals surface area contributed by atoms with Crippen molar-refractivity contribution < 1.29 is 0 Å². The van der Waals surface area contributed by atoms with Crippen LogP contribution in [0.15, 0.2) is 4.99 Å². The summed E-state index contributed by atoms with van der Waals surface area (Å²) in [5, 5.41) is 8.05. The Bertz CT molecular complexity index is 531. The van der Waals surface area contributed by atoms with E-state index in [0.717, 1.165) is 29.8 Å². The van der Waals surface area contributed by atoms with Crippen molar-refractivity contribution in [2.75, 3.05) is 26.7 Å². The molecule has 1 aliphatic rings. The summed E-state index contributed by atoms with van der Waals surface area (Å²) in [4.78, 5) is 12.9. The van der Waals surface area contributed by atoms with Gasteiger partial charge in [0.15, 0.2) is 5.96 Å². The number of likely N-dealkylation sites (tertiary alicyclic amines) is 1. The molecule has 0 spiro atoms. The second kappa shape index (κ2) is 12.1. The minimum absolute atomic E-state index is 0. The van der Waals surface area contributed by atoms with E-state index in [1.54, 1.807) is 11.3 Å². The molecule has 2 N–H and O–H groups in total.